The van der Waals surface area contributed by atoms with Gasteiger partial charge >= 0.3 is 0 Å². The van der Waals surface area contributed by atoms with Gasteiger partial charge < -0.3 is 5.73 Å². The van der Waals surface area contributed by atoms with Crippen molar-refractivity contribution in [3.05, 3.63) is 48.2 Å². The van der Waals surface area contributed by atoms with Crippen LogP contribution >= 0.6 is 0 Å². The van der Waals surface area contributed by atoms with Crippen molar-refractivity contribution in [3.63, 3.8) is 0 Å². The summed E-state index contributed by atoms with van der Waals surface area (Å²) in [5.74, 6) is 0.556. The molecule has 0 unspecified atom stereocenters. The third-order valence-electron chi connectivity index (χ3n) is 2.17. The Hall–Kier alpha value is -1.83. The Morgan fingerprint density at radius 1 is 0.875 bits per heavy atom. The van der Waals surface area contributed by atoms with Gasteiger partial charge in [0.25, 0.3) is 0 Å². The molecule has 0 aliphatic rings. The maximum atomic E-state index is 5.52. The summed E-state index contributed by atoms with van der Waals surface area (Å²) < 4.78 is 0. The highest BCUT2D eigenvalue weighted by Crippen LogP contribution is 2.19. The third kappa shape index (κ3) is 3.09. The fourth-order valence-electron chi connectivity index (χ4n) is 1.32. The Labute approximate surface area is 97.1 Å². The van der Waals surface area contributed by atoms with Crippen molar-refractivity contribution in [2.24, 2.45) is 0 Å². The van der Waals surface area contributed by atoms with Gasteiger partial charge in [0.1, 0.15) is 5.82 Å². The van der Waals surface area contributed by atoms with E-state index >= 15 is 0 Å². The second-order valence-electron chi connectivity index (χ2n) is 3.34. The van der Waals surface area contributed by atoms with Crippen molar-refractivity contribution in [3.8, 4) is 11.1 Å². The number of nitrogens with zero attached hydrogens (tertiary/aromatic N) is 1. The monoisotopic (exact) mass is 214 g/mol. The molecule has 0 fully saturated rings. The van der Waals surface area contributed by atoms with Crippen LogP contribution in [-0.4, -0.2) is 4.98 Å². The molecule has 2 rings (SSSR count). The molecule has 0 saturated heterocycles. The predicted octanol–water partition coefficient (Wildman–Crippen LogP) is 3.67. The van der Waals surface area contributed by atoms with Crippen molar-refractivity contribution >= 4 is 5.82 Å². The molecular weight excluding hydrogens is 196 g/mol. The Bertz CT molecular complexity index is 372. The minimum Gasteiger partial charge on any atom is -0.384 e. The average molecular weight is 214 g/mol. The Morgan fingerprint density at radius 2 is 1.44 bits per heavy atom. The zero-order valence-electron chi connectivity index (χ0n) is 10.1. The lowest BCUT2D eigenvalue weighted by atomic mass is 10.1. The van der Waals surface area contributed by atoms with Gasteiger partial charge in [-0.15, -0.1) is 0 Å². The smallest absolute Gasteiger partial charge is 0.123 e. The molecule has 2 nitrogen and oxygen atoms in total. The van der Waals surface area contributed by atoms with Crippen LogP contribution in [0.25, 0.3) is 11.1 Å². The van der Waals surface area contributed by atoms with Gasteiger partial charge in [0.15, 0.2) is 0 Å². The number of hydrogen-bond donors (Lipinski definition) is 1. The van der Waals surface area contributed by atoms with Crippen LogP contribution in [0, 0.1) is 6.92 Å². The van der Waals surface area contributed by atoms with Gasteiger partial charge in [-0.1, -0.05) is 43.7 Å². The molecule has 1 aromatic heterocycles. The molecule has 0 saturated carbocycles. The molecule has 0 bridgehead atoms. The summed E-state index contributed by atoms with van der Waals surface area (Å²) in [5, 5.41) is 0. The first kappa shape index (κ1) is 12.2. The number of hydrogen-bond acceptors (Lipinski definition) is 2. The fourth-order valence-corrected chi connectivity index (χ4v) is 1.32. The van der Waals surface area contributed by atoms with Crippen molar-refractivity contribution in [1.82, 2.24) is 4.98 Å². The molecule has 0 amide bonds. The van der Waals surface area contributed by atoms with E-state index < -0.39 is 0 Å². The first-order chi connectivity index (χ1) is 7.75. The van der Waals surface area contributed by atoms with Gasteiger partial charge in [-0.3, -0.25) is 0 Å². The fraction of sp³-hybridized carbons (Fsp3) is 0.214. The number of rotatable bonds is 1. The maximum absolute atomic E-state index is 5.52. The second kappa shape index (κ2) is 5.91. The molecule has 16 heavy (non-hydrogen) atoms. The first-order valence-corrected chi connectivity index (χ1v) is 5.54. The van der Waals surface area contributed by atoms with Gasteiger partial charge in [-0.05, 0) is 24.6 Å². The van der Waals surface area contributed by atoms with Crippen molar-refractivity contribution in [2.45, 2.75) is 20.8 Å². The number of aromatic nitrogens is 1. The third-order valence-corrected chi connectivity index (χ3v) is 2.17. The van der Waals surface area contributed by atoms with E-state index in [1.165, 1.54) is 11.1 Å². The number of anilines is 1. The predicted molar refractivity (Wildman–Crippen MR) is 70.2 cm³/mol. The molecule has 2 heteroatoms. The molecule has 0 aliphatic carbocycles. The quantitative estimate of drug-likeness (QED) is 0.786. The number of nitrogens with two attached hydrogens (primary N) is 1. The molecule has 1 aromatic carbocycles. The van der Waals surface area contributed by atoms with Crippen molar-refractivity contribution in [2.75, 3.05) is 5.73 Å². The molecule has 0 aliphatic heterocycles. The highest BCUT2D eigenvalue weighted by atomic mass is 14.8. The average Bonchev–Trinajstić information content (AvgIpc) is 2.34. The summed E-state index contributed by atoms with van der Waals surface area (Å²) in [6, 6.07) is 12.1. The number of nitrogen functional groups attached to an aromatic ring is 1. The van der Waals surface area contributed by atoms with Crippen LogP contribution < -0.4 is 5.73 Å². The van der Waals surface area contributed by atoms with Crippen LogP contribution in [0.15, 0.2) is 42.6 Å². The Morgan fingerprint density at radius 3 is 1.94 bits per heavy atom. The van der Waals surface area contributed by atoms with Gasteiger partial charge in [0.2, 0.25) is 0 Å². The highest BCUT2D eigenvalue weighted by molar-refractivity contribution is 5.63. The number of pyridine rings is 1. The van der Waals surface area contributed by atoms with E-state index in [9.17, 15) is 0 Å². The summed E-state index contributed by atoms with van der Waals surface area (Å²) in [4.78, 5) is 4.06. The Balaban J connectivity index is 0.000000606. The minimum atomic E-state index is 0.556. The summed E-state index contributed by atoms with van der Waals surface area (Å²) in [6.45, 7) is 6.07. The molecule has 0 radical (unpaired) electrons. The minimum absolute atomic E-state index is 0.556. The molecule has 1 heterocycles. The SMILES string of the molecule is CC.Cc1ccc(-c2ccc(N)nc2)cc1. The summed E-state index contributed by atoms with van der Waals surface area (Å²) in [5.41, 5.74) is 9.05. The van der Waals surface area contributed by atoms with Gasteiger partial charge in [0.05, 0.1) is 0 Å². The lowest BCUT2D eigenvalue weighted by Gasteiger charge is -2.01. The van der Waals surface area contributed by atoms with Crippen LogP contribution in [0.1, 0.15) is 19.4 Å². The largest absolute Gasteiger partial charge is 0.384 e. The van der Waals surface area contributed by atoms with E-state index in [4.69, 9.17) is 5.73 Å². The molecule has 0 atom stereocenters. The second-order valence-corrected chi connectivity index (χ2v) is 3.34. The lowest BCUT2D eigenvalue weighted by molar-refractivity contribution is 1.33. The van der Waals surface area contributed by atoms with Crippen LogP contribution in [0.2, 0.25) is 0 Å². The number of aryl methyl sites for hydroxylation is 1. The van der Waals surface area contributed by atoms with Gasteiger partial charge in [-0.25, -0.2) is 4.98 Å². The van der Waals surface area contributed by atoms with E-state index in [-0.39, 0.29) is 0 Å². The molecule has 0 spiro atoms. The maximum Gasteiger partial charge on any atom is 0.123 e. The zero-order valence-corrected chi connectivity index (χ0v) is 10.1. The van der Waals surface area contributed by atoms with Crippen molar-refractivity contribution < 1.29 is 0 Å². The normalized spacial score (nSPS) is 9.19. The van der Waals surface area contributed by atoms with E-state index in [1.807, 2.05) is 26.0 Å². The van der Waals surface area contributed by atoms with Crippen LogP contribution in [0.5, 0.6) is 0 Å². The standard InChI is InChI=1S/C12H12N2.C2H6/c1-9-2-4-10(5-3-9)11-6-7-12(13)14-8-11;1-2/h2-8H,1H3,(H2,13,14);1-2H3. The molecule has 2 N–H and O–H groups in total. The van der Waals surface area contributed by atoms with E-state index in [2.05, 4.69) is 36.2 Å². The van der Waals surface area contributed by atoms with E-state index in [1.54, 1.807) is 6.20 Å². The van der Waals surface area contributed by atoms with Crippen LogP contribution in [0.4, 0.5) is 5.82 Å². The molecule has 2 aromatic rings. The van der Waals surface area contributed by atoms with Gasteiger partial charge in [0, 0.05) is 11.8 Å². The van der Waals surface area contributed by atoms with Crippen LogP contribution in [0.3, 0.4) is 0 Å². The summed E-state index contributed by atoms with van der Waals surface area (Å²) in [6.07, 6.45) is 1.79. The van der Waals surface area contributed by atoms with Crippen molar-refractivity contribution in [1.29, 1.82) is 0 Å². The summed E-state index contributed by atoms with van der Waals surface area (Å²) >= 11 is 0. The zero-order chi connectivity index (χ0) is 12.0. The summed E-state index contributed by atoms with van der Waals surface area (Å²) in [7, 11) is 0. The first-order valence-electron chi connectivity index (χ1n) is 5.54. The molecule has 84 valence electrons. The lowest BCUT2D eigenvalue weighted by Crippen LogP contribution is -1.88. The van der Waals surface area contributed by atoms with Gasteiger partial charge in [-0.2, -0.15) is 0 Å². The van der Waals surface area contributed by atoms with E-state index in [0.717, 1.165) is 5.56 Å². The Kier molecular flexibility index (Phi) is 4.52. The number of benzene rings is 1. The van der Waals surface area contributed by atoms with E-state index in [0.29, 0.717) is 5.82 Å². The topological polar surface area (TPSA) is 38.9 Å². The highest BCUT2D eigenvalue weighted by Gasteiger charge is 1.96. The van der Waals surface area contributed by atoms with Crippen LogP contribution in [-0.2, 0) is 0 Å². The molecular formula is C14H18N2.